The molecule has 2 rings (SSSR count). The summed E-state index contributed by atoms with van der Waals surface area (Å²) in [6.45, 7) is 1.51. The van der Waals surface area contributed by atoms with Gasteiger partial charge in [0.05, 0.1) is 11.2 Å². The summed E-state index contributed by atoms with van der Waals surface area (Å²) >= 11 is 0. The van der Waals surface area contributed by atoms with Gasteiger partial charge in [-0.1, -0.05) is 19.3 Å². The molecule has 0 heterocycles. The third-order valence-electron chi connectivity index (χ3n) is 3.86. The summed E-state index contributed by atoms with van der Waals surface area (Å²) in [4.78, 5) is -0.266. The van der Waals surface area contributed by atoms with Gasteiger partial charge < -0.3 is 8.74 Å². The molecule has 0 radical (unpaired) electrons. The van der Waals surface area contributed by atoms with E-state index in [1.807, 2.05) is 0 Å². The Morgan fingerprint density at radius 2 is 1.68 bits per heavy atom. The number of rotatable bonds is 4. The highest BCUT2D eigenvalue weighted by Crippen LogP contribution is 2.39. The van der Waals surface area contributed by atoms with Crippen LogP contribution in [0.3, 0.4) is 0 Å². The van der Waals surface area contributed by atoms with Gasteiger partial charge in [0, 0.05) is 0 Å². The Morgan fingerprint density at radius 3 is 2.18 bits per heavy atom. The van der Waals surface area contributed by atoms with Crippen molar-refractivity contribution in [3.05, 3.63) is 23.3 Å². The lowest BCUT2D eigenvalue weighted by Gasteiger charge is -2.26. The second kappa shape index (κ2) is 6.17. The fourth-order valence-corrected chi connectivity index (χ4v) is 4.22. The van der Waals surface area contributed by atoms with Crippen molar-refractivity contribution in [1.29, 1.82) is 0 Å². The lowest BCUT2D eigenvalue weighted by molar-refractivity contribution is 0.429. The van der Waals surface area contributed by atoms with E-state index in [1.165, 1.54) is 19.1 Å². The lowest BCUT2D eigenvalue weighted by atomic mass is 9.83. The highest BCUT2D eigenvalue weighted by atomic mass is 32.2. The van der Waals surface area contributed by atoms with Gasteiger partial charge in [0.2, 0.25) is 0 Å². The van der Waals surface area contributed by atoms with Crippen LogP contribution in [-0.2, 0) is 20.2 Å². The van der Waals surface area contributed by atoms with Crippen LogP contribution in [0.15, 0.2) is 17.0 Å². The van der Waals surface area contributed by atoms with E-state index in [0.717, 1.165) is 38.4 Å². The van der Waals surface area contributed by atoms with E-state index in [-0.39, 0.29) is 16.6 Å². The quantitative estimate of drug-likeness (QED) is 0.612. The van der Waals surface area contributed by atoms with E-state index in [1.54, 1.807) is 0 Å². The van der Waals surface area contributed by atoms with Gasteiger partial charge in [-0.3, -0.25) is 0 Å². The minimum Gasteiger partial charge on any atom is -0.744 e. The number of hydrogen-bond donors (Lipinski definition) is 0. The average molecular weight is 347 g/mol. The highest BCUT2D eigenvalue weighted by molar-refractivity contribution is 7.86. The maximum Gasteiger partial charge on any atom is 0.306 e. The van der Waals surface area contributed by atoms with Crippen molar-refractivity contribution in [1.82, 2.24) is 0 Å². The van der Waals surface area contributed by atoms with Crippen molar-refractivity contribution < 1.29 is 25.6 Å². The van der Waals surface area contributed by atoms with Gasteiger partial charge in [-0.15, -0.1) is 0 Å². The normalized spacial score (nSPS) is 17.4. The third kappa shape index (κ3) is 4.21. The topological polar surface area (TPSA) is 101 Å². The predicted molar refractivity (Wildman–Crippen MR) is 80.4 cm³/mol. The molecule has 1 aliphatic rings. The molecular formula is C14H19O6S2-. The maximum atomic E-state index is 11.5. The number of benzene rings is 1. The number of hydrogen-bond acceptors (Lipinski definition) is 6. The maximum absolute atomic E-state index is 11.5. The Balaban J connectivity index is 2.57. The molecule has 8 heteroatoms. The van der Waals surface area contributed by atoms with Gasteiger partial charge in [-0.25, -0.2) is 8.42 Å². The molecule has 0 spiro atoms. The smallest absolute Gasteiger partial charge is 0.306 e. The molecule has 1 aromatic carbocycles. The zero-order valence-corrected chi connectivity index (χ0v) is 14.2. The second-order valence-electron chi connectivity index (χ2n) is 5.73. The molecular weight excluding hydrogens is 328 g/mol. The summed E-state index contributed by atoms with van der Waals surface area (Å²) in [5.74, 6) is 0.0189. The summed E-state index contributed by atoms with van der Waals surface area (Å²) < 4.78 is 62.1. The summed E-state index contributed by atoms with van der Waals surface area (Å²) in [5.41, 5.74) is 0.679. The van der Waals surface area contributed by atoms with E-state index in [9.17, 15) is 21.4 Å². The van der Waals surface area contributed by atoms with Crippen LogP contribution in [0.1, 0.15) is 49.1 Å². The van der Waals surface area contributed by atoms with Crippen LogP contribution in [0.2, 0.25) is 0 Å². The number of aryl methyl sites for hydroxylation is 1. The van der Waals surface area contributed by atoms with E-state index in [2.05, 4.69) is 0 Å². The minimum atomic E-state index is -4.62. The predicted octanol–water partition coefficient (Wildman–Crippen LogP) is 2.29. The summed E-state index contributed by atoms with van der Waals surface area (Å²) in [5, 5.41) is 0. The van der Waals surface area contributed by atoms with Gasteiger partial charge >= 0.3 is 10.1 Å². The summed E-state index contributed by atoms with van der Waals surface area (Å²) in [6, 6.07) is 2.62. The van der Waals surface area contributed by atoms with Crippen LogP contribution < -0.4 is 4.18 Å². The largest absolute Gasteiger partial charge is 0.744 e. The van der Waals surface area contributed by atoms with Gasteiger partial charge in [0.15, 0.2) is 0 Å². The van der Waals surface area contributed by atoms with Crippen LogP contribution in [0.25, 0.3) is 0 Å². The first-order chi connectivity index (χ1) is 10.1. The van der Waals surface area contributed by atoms with Gasteiger partial charge in [0.25, 0.3) is 0 Å². The highest BCUT2D eigenvalue weighted by Gasteiger charge is 2.23. The molecule has 0 aromatic heterocycles. The molecule has 1 saturated carbocycles. The van der Waals surface area contributed by atoms with E-state index in [0.29, 0.717) is 11.1 Å². The Labute approximate surface area is 131 Å². The molecule has 0 unspecified atom stereocenters. The third-order valence-corrected chi connectivity index (χ3v) is 5.24. The second-order valence-corrected chi connectivity index (χ2v) is 8.66. The fraction of sp³-hybridized carbons (Fsp3) is 0.571. The van der Waals surface area contributed by atoms with Crippen molar-refractivity contribution in [2.45, 2.75) is 49.8 Å². The summed E-state index contributed by atoms with van der Waals surface area (Å²) in [7, 11) is -8.34. The van der Waals surface area contributed by atoms with Crippen molar-refractivity contribution in [3.8, 4) is 5.75 Å². The molecule has 22 heavy (non-hydrogen) atoms. The fourth-order valence-electron chi connectivity index (χ4n) is 2.88. The first-order valence-electron chi connectivity index (χ1n) is 7.08. The van der Waals surface area contributed by atoms with Crippen molar-refractivity contribution in [2.24, 2.45) is 0 Å². The molecule has 1 aliphatic carbocycles. The molecule has 0 aliphatic heterocycles. The average Bonchev–Trinajstić information content (AvgIpc) is 2.39. The van der Waals surface area contributed by atoms with Gasteiger partial charge in [0.1, 0.15) is 15.9 Å². The molecule has 1 aromatic rings. The molecule has 0 amide bonds. The molecule has 0 N–H and O–H groups in total. The van der Waals surface area contributed by atoms with E-state index < -0.39 is 20.2 Å². The Morgan fingerprint density at radius 1 is 1.09 bits per heavy atom. The lowest BCUT2D eigenvalue weighted by Crippen LogP contribution is -2.13. The van der Waals surface area contributed by atoms with Crippen LogP contribution in [0.5, 0.6) is 5.75 Å². The molecule has 6 nitrogen and oxygen atoms in total. The Bertz CT molecular complexity index is 759. The van der Waals surface area contributed by atoms with Crippen LogP contribution in [-0.4, -0.2) is 27.6 Å². The zero-order chi connectivity index (χ0) is 16.5. The molecule has 1 fully saturated rings. The van der Waals surface area contributed by atoms with Crippen molar-refractivity contribution in [3.63, 3.8) is 0 Å². The standard InChI is InChI=1S/C14H20O6S2/c1-10-8-14(22(17,18)19)12(11-6-4-3-5-7-11)9-13(10)20-21(2,15)16/h8-9,11H,3-7H2,1-2H3,(H,17,18,19)/p-1. The van der Waals surface area contributed by atoms with Crippen LogP contribution in [0.4, 0.5) is 0 Å². The first kappa shape index (κ1) is 17.2. The Kier molecular flexibility index (Phi) is 4.84. The Hall–Kier alpha value is -1.12. The molecule has 0 bridgehead atoms. The van der Waals surface area contributed by atoms with E-state index >= 15 is 0 Å². The SMILES string of the molecule is Cc1cc(S(=O)(=O)[O-])c(C2CCCCC2)cc1OS(C)(=O)=O. The van der Waals surface area contributed by atoms with Gasteiger partial charge in [-0.2, -0.15) is 8.42 Å². The van der Waals surface area contributed by atoms with Crippen molar-refractivity contribution >= 4 is 20.2 Å². The van der Waals surface area contributed by atoms with Crippen LogP contribution >= 0.6 is 0 Å². The van der Waals surface area contributed by atoms with Gasteiger partial charge in [-0.05, 0) is 48.9 Å². The monoisotopic (exact) mass is 347 g/mol. The zero-order valence-electron chi connectivity index (χ0n) is 12.5. The molecule has 124 valence electrons. The molecule has 0 saturated heterocycles. The van der Waals surface area contributed by atoms with E-state index in [4.69, 9.17) is 4.18 Å². The summed E-state index contributed by atoms with van der Waals surface area (Å²) in [6.07, 6.45) is 5.48. The van der Waals surface area contributed by atoms with Crippen LogP contribution in [0, 0.1) is 6.92 Å². The van der Waals surface area contributed by atoms with Crippen molar-refractivity contribution in [2.75, 3.05) is 6.26 Å². The first-order valence-corrected chi connectivity index (χ1v) is 10.3. The minimum absolute atomic E-state index is 0.0602. The molecule has 0 atom stereocenters.